The molecule has 14 heavy (non-hydrogen) atoms. The second-order valence-electron chi connectivity index (χ2n) is 3.83. The van der Waals surface area contributed by atoms with Gasteiger partial charge in [0.1, 0.15) is 0 Å². The van der Waals surface area contributed by atoms with Crippen molar-refractivity contribution >= 4 is 15.9 Å². The zero-order valence-corrected chi connectivity index (χ0v) is 9.66. The normalized spacial score (nSPS) is 11.9. The monoisotopic (exact) mass is 263 g/mol. The summed E-state index contributed by atoms with van der Waals surface area (Å²) in [5.74, 6) is -1.70. The van der Waals surface area contributed by atoms with Crippen molar-refractivity contribution in [1.29, 1.82) is 0 Å². The molecule has 0 heterocycles. The predicted molar refractivity (Wildman–Crippen MR) is 56.1 cm³/mol. The van der Waals surface area contributed by atoms with Crippen LogP contribution >= 0.6 is 15.9 Å². The lowest BCUT2D eigenvalue weighted by Gasteiger charge is -2.24. The molecule has 0 bridgehead atoms. The van der Waals surface area contributed by atoms with E-state index >= 15 is 0 Å². The second kappa shape index (κ2) is 3.95. The summed E-state index contributed by atoms with van der Waals surface area (Å²) in [6, 6.07) is 2.31. The fourth-order valence-corrected chi connectivity index (χ4v) is 2.00. The van der Waals surface area contributed by atoms with Gasteiger partial charge in [0.2, 0.25) is 0 Å². The van der Waals surface area contributed by atoms with Crippen molar-refractivity contribution in [2.75, 3.05) is 6.54 Å². The second-order valence-corrected chi connectivity index (χ2v) is 4.69. The van der Waals surface area contributed by atoms with Gasteiger partial charge in [-0.25, -0.2) is 8.78 Å². The third-order valence-electron chi connectivity index (χ3n) is 2.25. The number of benzene rings is 1. The summed E-state index contributed by atoms with van der Waals surface area (Å²) in [4.78, 5) is 0. The van der Waals surface area contributed by atoms with Gasteiger partial charge in [-0.2, -0.15) is 0 Å². The smallest absolute Gasteiger partial charge is 0.159 e. The summed E-state index contributed by atoms with van der Waals surface area (Å²) in [6.07, 6.45) is 0. The zero-order valence-electron chi connectivity index (χ0n) is 8.07. The van der Waals surface area contributed by atoms with Gasteiger partial charge in [0, 0.05) is 16.4 Å². The lowest BCUT2D eigenvalue weighted by atomic mass is 9.85. The first-order valence-electron chi connectivity index (χ1n) is 4.23. The summed E-state index contributed by atoms with van der Waals surface area (Å²) in [5, 5.41) is 0. The maximum Gasteiger partial charge on any atom is 0.159 e. The van der Waals surface area contributed by atoms with Gasteiger partial charge in [0.25, 0.3) is 0 Å². The SMILES string of the molecule is CC(C)(CN)c1cc(F)c(F)cc1Br. The minimum absolute atomic E-state index is 0.368. The minimum atomic E-state index is -0.853. The molecule has 4 heteroatoms. The maximum atomic E-state index is 13.0. The molecule has 1 aromatic carbocycles. The van der Waals surface area contributed by atoms with Crippen molar-refractivity contribution in [3.8, 4) is 0 Å². The van der Waals surface area contributed by atoms with Crippen LogP contribution in [0, 0.1) is 11.6 Å². The molecule has 0 unspecified atom stereocenters. The van der Waals surface area contributed by atoms with Gasteiger partial charge in [0.15, 0.2) is 11.6 Å². The third kappa shape index (κ3) is 2.12. The predicted octanol–water partition coefficient (Wildman–Crippen LogP) is 2.96. The fourth-order valence-electron chi connectivity index (χ4n) is 1.15. The number of halogens is 3. The molecular formula is C10H12BrF2N. The van der Waals surface area contributed by atoms with Crippen molar-refractivity contribution in [3.63, 3.8) is 0 Å². The largest absolute Gasteiger partial charge is 0.330 e. The van der Waals surface area contributed by atoms with Crippen molar-refractivity contribution in [3.05, 3.63) is 33.8 Å². The summed E-state index contributed by atoms with van der Waals surface area (Å²) in [6.45, 7) is 4.13. The van der Waals surface area contributed by atoms with E-state index in [-0.39, 0.29) is 5.41 Å². The van der Waals surface area contributed by atoms with E-state index in [1.54, 1.807) is 0 Å². The Morgan fingerprint density at radius 3 is 2.29 bits per heavy atom. The molecule has 0 saturated carbocycles. The minimum Gasteiger partial charge on any atom is -0.330 e. The van der Waals surface area contributed by atoms with Crippen LogP contribution in [0.5, 0.6) is 0 Å². The molecule has 1 aromatic rings. The topological polar surface area (TPSA) is 26.0 Å². The Morgan fingerprint density at radius 1 is 1.29 bits per heavy atom. The Labute approximate surface area is 90.4 Å². The van der Waals surface area contributed by atoms with Crippen molar-refractivity contribution < 1.29 is 8.78 Å². The first-order valence-corrected chi connectivity index (χ1v) is 5.03. The molecule has 0 spiro atoms. The maximum absolute atomic E-state index is 13.0. The first kappa shape index (κ1) is 11.6. The zero-order chi connectivity index (χ0) is 10.9. The number of hydrogen-bond donors (Lipinski definition) is 1. The van der Waals surface area contributed by atoms with E-state index in [1.807, 2.05) is 13.8 Å². The molecule has 1 rings (SSSR count). The molecule has 0 radical (unpaired) electrons. The average Bonchev–Trinajstić information content (AvgIpc) is 2.11. The van der Waals surface area contributed by atoms with Gasteiger partial charge >= 0.3 is 0 Å². The molecule has 0 atom stereocenters. The van der Waals surface area contributed by atoms with Crippen LogP contribution in [-0.4, -0.2) is 6.54 Å². The van der Waals surface area contributed by atoms with E-state index in [0.717, 1.165) is 6.07 Å². The molecule has 1 nitrogen and oxygen atoms in total. The lowest BCUT2D eigenvalue weighted by molar-refractivity contribution is 0.489. The van der Waals surface area contributed by atoms with Gasteiger partial charge in [-0.1, -0.05) is 29.8 Å². The van der Waals surface area contributed by atoms with E-state index in [2.05, 4.69) is 15.9 Å². The van der Waals surface area contributed by atoms with Crippen LogP contribution in [0.2, 0.25) is 0 Å². The molecule has 0 fully saturated rings. The van der Waals surface area contributed by atoms with Gasteiger partial charge < -0.3 is 5.73 Å². The van der Waals surface area contributed by atoms with Crippen LogP contribution in [0.1, 0.15) is 19.4 Å². The number of nitrogens with two attached hydrogens (primary N) is 1. The summed E-state index contributed by atoms with van der Waals surface area (Å²) >= 11 is 3.20. The Kier molecular flexibility index (Phi) is 3.27. The highest BCUT2D eigenvalue weighted by Crippen LogP contribution is 2.30. The Balaban J connectivity index is 3.29. The van der Waals surface area contributed by atoms with Crippen LogP contribution in [0.3, 0.4) is 0 Å². The van der Waals surface area contributed by atoms with Gasteiger partial charge in [-0.3, -0.25) is 0 Å². The molecule has 78 valence electrons. The van der Waals surface area contributed by atoms with Gasteiger partial charge in [0.05, 0.1) is 0 Å². The molecule has 0 amide bonds. The highest BCUT2D eigenvalue weighted by Gasteiger charge is 2.23. The molecule has 0 aliphatic carbocycles. The van der Waals surface area contributed by atoms with Crippen molar-refractivity contribution in [1.82, 2.24) is 0 Å². The molecule has 0 aliphatic rings. The molecule has 0 aliphatic heterocycles. The van der Waals surface area contributed by atoms with Gasteiger partial charge in [-0.15, -0.1) is 0 Å². The van der Waals surface area contributed by atoms with E-state index in [0.29, 0.717) is 16.6 Å². The molecule has 2 N–H and O–H groups in total. The Bertz CT molecular complexity index is 350. The van der Waals surface area contributed by atoms with E-state index in [9.17, 15) is 8.78 Å². The quantitative estimate of drug-likeness (QED) is 0.816. The van der Waals surface area contributed by atoms with Crippen LogP contribution < -0.4 is 5.73 Å². The van der Waals surface area contributed by atoms with E-state index in [1.165, 1.54) is 6.07 Å². The third-order valence-corrected chi connectivity index (χ3v) is 2.91. The van der Waals surface area contributed by atoms with Crippen LogP contribution in [0.25, 0.3) is 0 Å². The Morgan fingerprint density at radius 2 is 1.79 bits per heavy atom. The standard InChI is InChI=1S/C10H12BrF2N/c1-10(2,5-14)6-3-8(12)9(13)4-7(6)11/h3-4H,5,14H2,1-2H3. The first-order chi connectivity index (χ1) is 6.38. The highest BCUT2D eigenvalue weighted by atomic mass is 79.9. The van der Waals surface area contributed by atoms with Crippen molar-refractivity contribution in [2.24, 2.45) is 5.73 Å². The van der Waals surface area contributed by atoms with E-state index < -0.39 is 11.6 Å². The molecule has 0 saturated heterocycles. The highest BCUT2D eigenvalue weighted by molar-refractivity contribution is 9.10. The lowest BCUT2D eigenvalue weighted by Crippen LogP contribution is -2.28. The van der Waals surface area contributed by atoms with Crippen LogP contribution in [0.4, 0.5) is 8.78 Å². The average molecular weight is 264 g/mol. The molecular weight excluding hydrogens is 252 g/mol. The number of rotatable bonds is 2. The molecule has 0 aromatic heterocycles. The summed E-state index contributed by atoms with van der Waals surface area (Å²) in [5.41, 5.74) is 5.87. The fraction of sp³-hybridized carbons (Fsp3) is 0.400. The Hall–Kier alpha value is -0.480. The van der Waals surface area contributed by atoms with Crippen LogP contribution in [0.15, 0.2) is 16.6 Å². The number of hydrogen-bond acceptors (Lipinski definition) is 1. The van der Waals surface area contributed by atoms with E-state index in [4.69, 9.17) is 5.73 Å². The van der Waals surface area contributed by atoms with Crippen molar-refractivity contribution in [2.45, 2.75) is 19.3 Å². The van der Waals surface area contributed by atoms with Crippen LogP contribution in [-0.2, 0) is 5.41 Å². The summed E-state index contributed by atoms with van der Waals surface area (Å²) in [7, 11) is 0. The summed E-state index contributed by atoms with van der Waals surface area (Å²) < 4.78 is 26.4. The van der Waals surface area contributed by atoms with Gasteiger partial charge in [-0.05, 0) is 17.7 Å².